The molecule has 0 saturated carbocycles. The van der Waals surface area contributed by atoms with Crippen LogP contribution in [0.3, 0.4) is 0 Å². The molecule has 0 spiro atoms. The molecule has 4 heteroatoms. The van der Waals surface area contributed by atoms with E-state index in [2.05, 4.69) is 151 Å². The molecule has 215 valence electrons. The molecule has 4 aromatic carbocycles. The van der Waals surface area contributed by atoms with E-state index in [9.17, 15) is 0 Å². The van der Waals surface area contributed by atoms with E-state index >= 15 is 0 Å². The van der Waals surface area contributed by atoms with Crippen LogP contribution in [-0.2, 0) is 38.2 Å². The van der Waals surface area contributed by atoms with Crippen molar-refractivity contribution in [1.29, 1.82) is 0 Å². The third kappa shape index (κ3) is 6.30. The molecule has 6 rings (SSSR count). The first-order valence-corrected chi connectivity index (χ1v) is 23.2. The molecule has 2 aliphatic rings. The number of rotatable bonds is 5. The molecule has 0 amide bonds. The minimum atomic E-state index is -2.44. The second kappa shape index (κ2) is 13.0. The van der Waals surface area contributed by atoms with Gasteiger partial charge in [0.1, 0.15) is 0 Å². The second-order valence-electron chi connectivity index (χ2n) is 13.6. The van der Waals surface area contributed by atoms with Crippen LogP contribution < -0.4 is 38.5 Å². The first kappa shape index (κ1) is 32.9. The van der Waals surface area contributed by atoms with Crippen molar-refractivity contribution in [3.05, 3.63) is 135 Å². The maximum Gasteiger partial charge on any atom is -1.00 e. The van der Waals surface area contributed by atoms with E-state index in [1.807, 2.05) is 0 Å². The zero-order chi connectivity index (χ0) is 28.1. The van der Waals surface area contributed by atoms with E-state index < -0.39 is 26.8 Å². The van der Waals surface area contributed by atoms with Gasteiger partial charge in [-0.1, -0.05) is 0 Å². The fourth-order valence-electron chi connectivity index (χ4n) is 6.66. The molecular weight excluding hydrogens is 647 g/mol. The molecule has 4 aromatic rings. The topological polar surface area (TPSA) is 0 Å². The zero-order valence-electron chi connectivity index (χ0n) is 25.6. The van der Waals surface area contributed by atoms with Gasteiger partial charge in [0.05, 0.1) is 0 Å². The summed E-state index contributed by atoms with van der Waals surface area (Å²) in [6.45, 7) is 14.3. The van der Waals surface area contributed by atoms with E-state index in [1.54, 1.807) is 28.1 Å². The molecule has 0 radical (unpaired) electrons. The molecule has 0 heterocycles. The summed E-state index contributed by atoms with van der Waals surface area (Å²) in [7, 11) is 0. The van der Waals surface area contributed by atoms with E-state index in [0.29, 0.717) is 0 Å². The van der Waals surface area contributed by atoms with Crippen LogP contribution in [0, 0.1) is 0 Å². The van der Waals surface area contributed by atoms with Gasteiger partial charge in [0.2, 0.25) is 0 Å². The van der Waals surface area contributed by atoms with E-state index in [1.165, 1.54) is 22.3 Å². The number of hydrogen-bond acceptors (Lipinski definition) is 0. The van der Waals surface area contributed by atoms with Crippen molar-refractivity contribution < 1.29 is 45.7 Å². The van der Waals surface area contributed by atoms with Crippen LogP contribution in [0.1, 0.15) is 70.2 Å². The van der Waals surface area contributed by atoms with Gasteiger partial charge in [-0.25, -0.2) is 0 Å². The van der Waals surface area contributed by atoms with Gasteiger partial charge in [0.25, 0.3) is 0 Å². The Morgan fingerprint density at radius 2 is 1.26 bits per heavy atom. The fraction of sp³-hybridized carbons (Fsp3) is 0.263. The number of hydrogen-bond donors (Lipinski definition) is 0. The first-order valence-electron chi connectivity index (χ1n) is 14.8. The summed E-state index contributed by atoms with van der Waals surface area (Å²) in [5.41, 5.74) is 9.44. The predicted molar refractivity (Wildman–Crippen MR) is 173 cm³/mol. The van der Waals surface area contributed by atoms with Crippen molar-refractivity contribution in [3.63, 3.8) is 0 Å². The third-order valence-corrected chi connectivity index (χ3v) is 29.7. The normalized spacial score (nSPS) is 13.6. The van der Waals surface area contributed by atoms with Gasteiger partial charge < -0.3 is 24.8 Å². The van der Waals surface area contributed by atoms with Crippen molar-refractivity contribution in [2.24, 2.45) is 0 Å². The molecule has 0 saturated heterocycles. The average Bonchev–Trinajstić information content (AvgIpc) is 3.59. The maximum atomic E-state index is 2.70. The number of benzene rings is 4. The van der Waals surface area contributed by atoms with Crippen molar-refractivity contribution in [1.82, 2.24) is 0 Å². The van der Waals surface area contributed by atoms with Crippen molar-refractivity contribution in [2.45, 2.75) is 65.2 Å². The van der Waals surface area contributed by atoms with Crippen molar-refractivity contribution in [3.8, 4) is 11.1 Å². The van der Waals surface area contributed by atoms with Crippen LogP contribution in [0.15, 0.2) is 113 Å². The number of fused-ring (bicyclic) bond motifs is 3. The summed E-state index contributed by atoms with van der Waals surface area (Å²) in [5, 5.41) is 3.22. The molecule has 0 fully saturated rings. The molecule has 2 aliphatic carbocycles. The van der Waals surface area contributed by atoms with Crippen molar-refractivity contribution >= 4 is 19.6 Å². The molecule has 0 nitrogen and oxygen atoms in total. The van der Waals surface area contributed by atoms with Crippen LogP contribution >= 0.6 is 0 Å². The van der Waals surface area contributed by atoms with Crippen LogP contribution in [0.4, 0.5) is 0 Å². The third-order valence-electron chi connectivity index (χ3n) is 8.71. The van der Waals surface area contributed by atoms with Crippen LogP contribution in [-0.4, -0.2) is 5.92 Å². The second-order valence-corrected chi connectivity index (χ2v) is 28.4. The Bertz CT molecular complexity index is 1570. The van der Waals surface area contributed by atoms with Gasteiger partial charge in [0.15, 0.2) is 0 Å². The first-order chi connectivity index (χ1) is 19.1. The van der Waals surface area contributed by atoms with Gasteiger partial charge >= 0.3 is 252 Å². The minimum absolute atomic E-state index is 0. The SMILES string of the molecule is CC(C)(C)c1cc2c([c]([Zr+2]([C]3=CC=CC3)[SiH](c3ccccc3)c3ccccc3)c1)Cc1c-2cccc1C(C)(C)C.[Cl-].[Cl-]. The zero-order valence-corrected chi connectivity index (χ0v) is 30.8. The standard InChI is InChI=1S/C21H25.C12H11Si.C5H5.2ClH.Zr/c1-20(2,3)15-11-10-14-12-18-16(17(14)13-15)8-7-9-19(18)21(4,5)6;1-3-7-11(8-4-1)13-12-9-5-2-6-10-12;1-2-4-5-3-1;;;/h7-9,11,13H,12H2,1-6H3;1-10,13H;1-3H,4H2;2*1H;/q;;;;;+2/p-2. The monoisotopic (exact) mass is 685 g/mol. The van der Waals surface area contributed by atoms with Crippen LogP contribution in [0.5, 0.6) is 0 Å². The summed E-state index contributed by atoms with van der Waals surface area (Å²) >= 11 is -2.44. The fourth-order valence-corrected chi connectivity index (χ4v) is 29.7. The molecule has 42 heavy (non-hydrogen) atoms. The Morgan fingerprint density at radius 1 is 0.643 bits per heavy atom. The largest absolute Gasteiger partial charge is 1.00 e. The molecule has 0 aliphatic heterocycles. The maximum absolute atomic E-state index is 2.70. The van der Waals surface area contributed by atoms with E-state index in [-0.39, 0.29) is 35.6 Å². The van der Waals surface area contributed by atoms with Gasteiger partial charge in [-0.15, -0.1) is 0 Å². The van der Waals surface area contributed by atoms with Gasteiger partial charge in [-0.3, -0.25) is 0 Å². The summed E-state index contributed by atoms with van der Waals surface area (Å²) in [6.07, 6.45) is 9.45. The Kier molecular flexibility index (Phi) is 10.2. The summed E-state index contributed by atoms with van der Waals surface area (Å²) in [6, 6.07) is 35.5. The van der Waals surface area contributed by atoms with E-state index in [4.69, 9.17) is 0 Å². The Hall–Kier alpha value is -1.96. The Balaban J connectivity index is 0.00000202. The number of halogens is 2. The molecule has 0 atom stereocenters. The molecule has 0 unspecified atom stereocenters. The van der Waals surface area contributed by atoms with Crippen LogP contribution in [0.25, 0.3) is 11.1 Å². The van der Waals surface area contributed by atoms with E-state index in [0.717, 1.165) is 12.8 Å². The summed E-state index contributed by atoms with van der Waals surface area (Å²) in [5.74, 6) is -1.51. The average molecular weight is 688 g/mol. The molecule has 0 aromatic heterocycles. The van der Waals surface area contributed by atoms with Gasteiger partial charge in [-0.05, 0) is 0 Å². The summed E-state index contributed by atoms with van der Waals surface area (Å²) < 4.78 is 3.53. The Morgan fingerprint density at radius 3 is 1.79 bits per heavy atom. The van der Waals surface area contributed by atoms with Gasteiger partial charge in [-0.2, -0.15) is 0 Å². The molecule has 0 N–H and O–H groups in total. The number of allylic oxidation sites excluding steroid dienone is 4. The quantitative estimate of drug-likeness (QED) is 0.246. The minimum Gasteiger partial charge on any atom is -1.00 e. The predicted octanol–water partition coefficient (Wildman–Crippen LogP) is 1.49. The van der Waals surface area contributed by atoms with Crippen molar-refractivity contribution in [2.75, 3.05) is 0 Å². The van der Waals surface area contributed by atoms with Crippen LogP contribution in [0.2, 0.25) is 0 Å². The Labute approximate surface area is 274 Å². The molecular formula is C38H41Cl2SiZr. The molecule has 0 bridgehead atoms. The van der Waals surface area contributed by atoms with Gasteiger partial charge in [0, 0.05) is 0 Å². The summed E-state index contributed by atoms with van der Waals surface area (Å²) in [4.78, 5) is 0. The smallest absolute Gasteiger partial charge is 1.00 e.